The number of hydrogen-bond donors (Lipinski definition) is 0. The zero-order chi connectivity index (χ0) is 10.7. The number of halogens is 1. The van der Waals surface area contributed by atoms with E-state index in [2.05, 4.69) is 6.07 Å². The molecule has 0 aromatic heterocycles. The van der Waals surface area contributed by atoms with E-state index in [-0.39, 0.29) is 5.41 Å². The molecule has 0 atom stereocenters. The predicted molar refractivity (Wildman–Crippen MR) is 58.8 cm³/mol. The molecule has 0 aliphatic heterocycles. The summed E-state index contributed by atoms with van der Waals surface area (Å²) >= 11 is 5.95. The average molecular weight is 222 g/mol. The molecule has 1 aromatic carbocycles. The number of benzene rings is 1. The standard InChI is InChI=1S/C12H12ClNO/c13-10-4-1-2-5-11(10)15-9-12(8-14)6-3-7-12/h1-2,4-5H,3,6-7,9H2. The van der Waals surface area contributed by atoms with Crippen molar-refractivity contribution in [2.75, 3.05) is 6.61 Å². The number of nitriles is 1. The second-order valence-corrected chi connectivity index (χ2v) is 4.37. The summed E-state index contributed by atoms with van der Waals surface area (Å²) < 4.78 is 5.58. The topological polar surface area (TPSA) is 33.0 Å². The molecule has 0 unspecified atom stereocenters. The highest BCUT2D eigenvalue weighted by atomic mass is 35.5. The molecule has 0 radical (unpaired) electrons. The molecule has 0 saturated heterocycles. The summed E-state index contributed by atoms with van der Waals surface area (Å²) in [5.74, 6) is 0.667. The van der Waals surface area contributed by atoms with Crippen LogP contribution in [-0.2, 0) is 0 Å². The third-order valence-electron chi connectivity index (χ3n) is 2.89. The maximum absolute atomic E-state index is 9.02. The Balaban J connectivity index is 1.99. The Hall–Kier alpha value is -1.20. The molecule has 1 aliphatic rings. The first-order valence-electron chi connectivity index (χ1n) is 5.04. The fraction of sp³-hybridized carbons (Fsp3) is 0.417. The summed E-state index contributed by atoms with van der Waals surface area (Å²) in [5, 5.41) is 9.62. The first-order chi connectivity index (χ1) is 7.26. The van der Waals surface area contributed by atoms with Crippen LogP contribution in [0.15, 0.2) is 24.3 Å². The lowest BCUT2D eigenvalue weighted by Gasteiger charge is -2.34. The summed E-state index contributed by atoms with van der Waals surface area (Å²) in [4.78, 5) is 0. The maximum atomic E-state index is 9.02. The van der Waals surface area contributed by atoms with Gasteiger partial charge in [0.15, 0.2) is 0 Å². The normalized spacial score (nSPS) is 17.6. The van der Waals surface area contributed by atoms with Crippen molar-refractivity contribution >= 4 is 11.6 Å². The number of nitrogens with zero attached hydrogens (tertiary/aromatic N) is 1. The minimum atomic E-state index is -0.265. The van der Waals surface area contributed by atoms with Crippen LogP contribution in [-0.4, -0.2) is 6.61 Å². The molecule has 15 heavy (non-hydrogen) atoms. The summed E-state index contributed by atoms with van der Waals surface area (Å²) in [6.45, 7) is 0.452. The van der Waals surface area contributed by atoms with E-state index in [1.54, 1.807) is 6.07 Å². The van der Waals surface area contributed by atoms with Gasteiger partial charge in [0.1, 0.15) is 12.4 Å². The fourth-order valence-electron chi connectivity index (χ4n) is 1.67. The van der Waals surface area contributed by atoms with Crippen LogP contribution in [0.4, 0.5) is 0 Å². The first kappa shape index (κ1) is 10.3. The summed E-state index contributed by atoms with van der Waals surface area (Å²) in [6, 6.07) is 9.69. The lowest BCUT2D eigenvalue weighted by Crippen LogP contribution is -2.34. The molecule has 3 heteroatoms. The minimum Gasteiger partial charge on any atom is -0.490 e. The van der Waals surface area contributed by atoms with Crippen LogP contribution in [0, 0.1) is 16.7 Å². The molecular weight excluding hydrogens is 210 g/mol. The minimum absolute atomic E-state index is 0.265. The Kier molecular flexibility index (Phi) is 2.83. The van der Waals surface area contributed by atoms with Gasteiger partial charge < -0.3 is 4.74 Å². The average Bonchev–Trinajstić information content (AvgIpc) is 2.19. The van der Waals surface area contributed by atoms with Crippen molar-refractivity contribution in [2.24, 2.45) is 5.41 Å². The van der Waals surface area contributed by atoms with Crippen molar-refractivity contribution in [3.63, 3.8) is 0 Å². The Morgan fingerprint density at radius 2 is 2.13 bits per heavy atom. The van der Waals surface area contributed by atoms with E-state index in [1.165, 1.54) is 0 Å². The van der Waals surface area contributed by atoms with Gasteiger partial charge in [0.25, 0.3) is 0 Å². The number of ether oxygens (including phenoxy) is 1. The van der Waals surface area contributed by atoms with Crippen LogP contribution in [0.2, 0.25) is 5.02 Å². The van der Waals surface area contributed by atoms with Crippen LogP contribution in [0.1, 0.15) is 19.3 Å². The molecule has 1 aliphatic carbocycles. The van der Waals surface area contributed by atoms with E-state index < -0.39 is 0 Å². The molecule has 1 fully saturated rings. The molecular formula is C12H12ClNO. The Labute approximate surface area is 94.4 Å². The first-order valence-corrected chi connectivity index (χ1v) is 5.42. The molecule has 0 N–H and O–H groups in total. The number of hydrogen-bond acceptors (Lipinski definition) is 2. The molecule has 0 bridgehead atoms. The lowest BCUT2D eigenvalue weighted by molar-refractivity contribution is 0.115. The van der Waals surface area contributed by atoms with E-state index in [0.29, 0.717) is 17.4 Å². The quantitative estimate of drug-likeness (QED) is 0.784. The highest BCUT2D eigenvalue weighted by molar-refractivity contribution is 6.32. The van der Waals surface area contributed by atoms with Crippen molar-refractivity contribution in [2.45, 2.75) is 19.3 Å². The van der Waals surface area contributed by atoms with Gasteiger partial charge in [-0.05, 0) is 25.0 Å². The molecule has 2 nitrogen and oxygen atoms in total. The van der Waals surface area contributed by atoms with Gasteiger partial charge in [0.05, 0.1) is 16.5 Å². The predicted octanol–water partition coefficient (Wildman–Crippen LogP) is 3.41. The van der Waals surface area contributed by atoms with Gasteiger partial charge in [-0.15, -0.1) is 0 Å². The van der Waals surface area contributed by atoms with Crippen LogP contribution in [0.3, 0.4) is 0 Å². The van der Waals surface area contributed by atoms with Gasteiger partial charge >= 0.3 is 0 Å². The van der Waals surface area contributed by atoms with Crippen molar-refractivity contribution in [3.05, 3.63) is 29.3 Å². The summed E-state index contributed by atoms with van der Waals surface area (Å²) in [5.41, 5.74) is -0.265. The summed E-state index contributed by atoms with van der Waals surface area (Å²) in [6.07, 6.45) is 3.00. The monoisotopic (exact) mass is 221 g/mol. The van der Waals surface area contributed by atoms with Gasteiger partial charge in [-0.3, -0.25) is 0 Å². The maximum Gasteiger partial charge on any atom is 0.137 e. The number of rotatable bonds is 3. The van der Waals surface area contributed by atoms with Crippen molar-refractivity contribution < 1.29 is 4.74 Å². The Morgan fingerprint density at radius 1 is 1.40 bits per heavy atom. The number of para-hydroxylation sites is 1. The molecule has 1 saturated carbocycles. The van der Waals surface area contributed by atoms with Gasteiger partial charge in [-0.25, -0.2) is 0 Å². The van der Waals surface area contributed by atoms with E-state index in [0.717, 1.165) is 19.3 Å². The van der Waals surface area contributed by atoms with Crippen LogP contribution in [0.25, 0.3) is 0 Å². The lowest BCUT2D eigenvalue weighted by atomic mass is 9.71. The smallest absolute Gasteiger partial charge is 0.137 e. The summed E-state index contributed by atoms with van der Waals surface area (Å²) in [7, 11) is 0. The molecule has 0 heterocycles. The van der Waals surface area contributed by atoms with Gasteiger partial charge in [0.2, 0.25) is 0 Å². The van der Waals surface area contributed by atoms with Gasteiger partial charge in [-0.1, -0.05) is 30.2 Å². The highest BCUT2D eigenvalue weighted by Crippen LogP contribution is 2.40. The molecule has 1 aromatic rings. The van der Waals surface area contributed by atoms with Gasteiger partial charge in [-0.2, -0.15) is 5.26 Å². The largest absolute Gasteiger partial charge is 0.490 e. The van der Waals surface area contributed by atoms with Gasteiger partial charge in [0, 0.05) is 0 Å². The fourth-order valence-corrected chi connectivity index (χ4v) is 1.86. The van der Waals surface area contributed by atoms with Crippen LogP contribution >= 0.6 is 11.6 Å². The van der Waals surface area contributed by atoms with E-state index in [4.69, 9.17) is 21.6 Å². The highest BCUT2D eigenvalue weighted by Gasteiger charge is 2.38. The molecule has 78 valence electrons. The molecule has 2 rings (SSSR count). The zero-order valence-corrected chi connectivity index (χ0v) is 9.13. The van der Waals surface area contributed by atoms with E-state index >= 15 is 0 Å². The Morgan fingerprint density at radius 3 is 2.67 bits per heavy atom. The van der Waals surface area contributed by atoms with E-state index in [9.17, 15) is 0 Å². The third kappa shape index (κ3) is 2.08. The van der Waals surface area contributed by atoms with Crippen LogP contribution in [0.5, 0.6) is 5.75 Å². The second-order valence-electron chi connectivity index (χ2n) is 3.96. The molecule has 0 amide bonds. The van der Waals surface area contributed by atoms with Crippen molar-refractivity contribution in [1.29, 1.82) is 5.26 Å². The van der Waals surface area contributed by atoms with Crippen LogP contribution < -0.4 is 4.74 Å². The second kappa shape index (κ2) is 4.12. The Bertz CT molecular complexity index is 393. The third-order valence-corrected chi connectivity index (χ3v) is 3.20. The SMILES string of the molecule is N#CC1(COc2ccccc2Cl)CCC1. The van der Waals surface area contributed by atoms with Crippen molar-refractivity contribution in [1.82, 2.24) is 0 Å². The van der Waals surface area contributed by atoms with Crippen molar-refractivity contribution in [3.8, 4) is 11.8 Å². The van der Waals surface area contributed by atoms with E-state index in [1.807, 2.05) is 18.2 Å². The zero-order valence-electron chi connectivity index (χ0n) is 8.37. The molecule has 0 spiro atoms.